The summed E-state index contributed by atoms with van der Waals surface area (Å²) in [6, 6.07) is 26.7. The zero-order valence-electron chi connectivity index (χ0n) is 20.7. The quantitative estimate of drug-likeness (QED) is 0.187. The van der Waals surface area contributed by atoms with E-state index in [9.17, 15) is 14.7 Å². The Balaban J connectivity index is 1.66. The van der Waals surface area contributed by atoms with Crippen molar-refractivity contribution in [3.63, 3.8) is 0 Å². The first-order valence-electron chi connectivity index (χ1n) is 12.3. The maximum atomic E-state index is 13.4. The van der Waals surface area contributed by atoms with Gasteiger partial charge in [0.25, 0.3) is 11.7 Å². The van der Waals surface area contributed by atoms with E-state index in [1.54, 1.807) is 42.5 Å². The first-order valence-corrected chi connectivity index (χ1v) is 12.3. The molecule has 1 aliphatic rings. The molecule has 0 saturated carbocycles. The summed E-state index contributed by atoms with van der Waals surface area (Å²) in [7, 11) is 0. The predicted molar refractivity (Wildman–Crippen MR) is 144 cm³/mol. The second-order valence-electron chi connectivity index (χ2n) is 8.66. The molecule has 0 bridgehead atoms. The van der Waals surface area contributed by atoms with Crippen LogP contribution in [0.25, 0.3) is 16.5 Å². The Hall–Kier alpha value is -4.58. The Labute approximate surface area is 215 Å². The van der Waals surface area contributed by atoms with Crippen LogP contribution in [0.2, 0.25) is 0 Å². The van der Waals surface area contributed by atoms with Crippen LogP contribution in [0.3, 0.4) is 0 Å². The number of rotatable bonds is 7. The third kappa shape index (κ3) is 4.54. The summed E-state index contributed by atoms with van der Waals surface area (Å²) in [5, 5.41) is 13.4. The molecule has 0 aromatic heterocycles. The molecule has 4 aromatic carbocycles. The third-order valence-electron chi connectivity index (χ3n) is 6.40. The van der Waals surface area contributed by atoms with Gasteiger partial charge in [0.15, 0.2) is 0 Å². The van der Waals surface area contributed by atoms with Gasteiger partial charge in [-0.1, -0.05) is 48.5 Å². The van der Waals surface area contributed by atoms with Gasteiger partial charge in [-0.25, -0.2) is 0 Å². The number of aliphatic hydroxyl groups excluding tert-OH is 1. The van der Waals surface area contributed by atoms with E-state index in [1.165, 1.54) is 4.90 Å². The molecule has 37 heavy (non-hydrogen) atoms. The lowest BCUT2D eigenvalue weighted by molar-refractivity contribution is -0.132. The summed E-state index contributed by atoms with van der Waals surface area (Å²) in [5.74, 6) is -0.310. The highest BCUT2D eigenvalue weighted by Gasteiger charge is 2.47. The Morgan fingerprint density at radius 1 is 0.784 bits per heavy atom. The van der Waals surface area contributed by atoms with Crippen LogP contribution in [-0.4, -0.2) is 30.0 Å². The molecule has 4 aromatic rings. The molecule has 1 atom stereocenters. The van der Waals surface area contributed by atoms with Crippen molar-refractivity contribution >= 4 is 33.9 Å². The number of aliphatic hydroxyl groups is 1. The minimum Gasteiger partial charge on any atom is -0.507 e. The number of amides is 1. The number of benzene rings is 4. The normalized spacial score (nSPS) is 16.8. The third-order valence-corrected chi connectivity index (χ3v) is 6.40. The van der Waals surface area contributed by atoms with Crippen molar-refractivity contribution in [2.45, 2.75) is 19.9 Å². The smallest absolute Gasteiger partial charge is 0.300 e. The van der Waals surface area contributed by atoms with Crippen LogP contribution in [0.15, 0.2) is 96.6 Å². The van der Waals surface area contributed by atoms with Crippen LogP contribution < -0.4 is 14.4 Å². The molecule has 1 amide bonds. The maximum absolute atomic E-state index is 13.4. The van der Waals surface area contributed by atoms with Crippen molar-refractivity contribution in [1.82, 2.24) is 0 Å². The molecule has 1 N–H and O–H groups in total. The average Bonchev–Trinajstić information content (AvgIpc) is 3.19. The van der Waals surface area contributed by atoms with Crippen LogP contribution in [0.5, 0.6) is 11.5 Å². The molecule has 1 aliphatic heterocycles. The Morgan fingerprint density at radius 2 is 1.38 bits per heavy atom. The number of fused-ring (bicyclic) bond motifs is 1. The van der Waals surface area contributed by atoms with Gasteiger partial charge in [-0.05, 0) is 72.6 Å². The van der Waals surface area contributed by atoms with E-state index < -0.39 is 17.7 Å². The van der Waals surface area contributed by atoms with E-state index in [-0.39, 0.29) is 11.3 Å². The maximum Gasteiger partial charge on any atom is 0.300 e. The highest BCUT2D eigenvalue weighted by Crippen LogP contribution is 2.43. The second kappa shape index (κ2) is 10.2. The van der Waals surface area contributed by atoms with E-state index in [2.05, 4.69) is 0 Å². The van der Waals surface area contributed by atoms with Crippen molar-refractivity contribution in [1.29, 1.82) is 0 Å². The topological polar surface area (TPSA) is 76.1 Å². The summed E-state index contributed by atoms with van der Waals surface area (Å²) < 4.78 is 11.1. The van der Waals surface area contributed by atoms with Crippen LogP contribution in [-0.2, 0) is 9.59 Å². The van der Waals surface area contributed by atoms with E-state index in [4.69, 9.17) is 9.47 Å². The van der Waals surface area contributed by atoms with Crippen LogP contribution in [0, 0.1) is 0 Å². The zero-order chi connectivity index (χ0) is 25.9. The molecule has 6 heteroatoms. The molecule has 6 nitrogen and oxygen atoms in total. The lowest BCUT2D eigenvalue weighted by atomic mass is 9.94. The van der Waals surface area contributed by atoms with E-state index >= 15 is 0 Å². The van der Waals surface area contributed by atoms with E-state index in [0.717, 1.165) is 10.8 Å². The molecule has 0 aliphatic carbocycles. The number of ether oxygens (including phenoxy) is 2. The van der Waals surface area contributed by atoms with Gasteiger partial charge in [0.1, 0.15) is 17.3 Å². The average molecular weight is 494 g/mol. The first kappa shape index (κ1) is 24.1. The lowest BCUT2D eigenvalue weighted by Gasteiger charge is -2.26. The van der Waals surface area contributed by atoms with Crippen LogP contribution in [0.1, 0.15) is 31.0 Å². The first-order chi connectivity index (χ1) is 18.0. The molecule has 1 unspecified atom stereocenters. The van der Waals surface area contributed by atoms with Crippen LogP contribution >= 0.6 is 0 Å². The summed E-state index contributed by atoms with van der Waals surface area (Å²) in [4.78, 5) is 28.3. The molecule has 1 saturated heterocycles. The Morgan fingerprint density at radius 3 is 2.00 bits per heavy atom. The van der Waals surface area contributed by atoms with Crippen molar-refractivity contribution in [3.05, 3.63) is 108 Å². The number of hydrogen-bond donors (Lipinski definition) is 1. The number of ketones is 1. The van der Waals surface area contributed by atoms with Gasteiger partial charge in [-0.15, -0.1) is 0 Å². The minimum atomic E-state index is -0.819. The fourth-order valence-electron chi connectivity index (χ4n) is 4.69. The second-order valence-corrected chi connectivity index (χ2v) is 8.66. The number of carbonyl (C=O) groups is 2. The molecule has 186 valence electrons. The van der Waals surface area contributed by atoms with Gasteiger partial charge >= 0.3 is 0 Å². The SMILES string of the molecule is CCOc1ccc(C2/C(=C(/O)c3ccc4ccccc4c3)C(=O)C(=O)N2c2ccc(OCC)cc2)cc1. The standard InChI is InChI=1S/C31H27NO5/c1-3-36-25-15-11-21(12-16-25)28-27(29(33)23-10-9-20-7-5-6-8-22(20)19-23)30(34)31(35)32(28)24-13-17-26(18-14-24)37-4-2/h5-19,28,33H,3-4H2,1-2H3/b29-27-. The van der Waals surface area contributed by atoms with Crippen molar-refractivity contribution < 1.29 is 24.2 Å². The fourth-order valence-corrected chi connectivity index (χ4v) is 4.69. The highest BCUT2D eigenvalue weighted by atomic mass is 16.5. The predicted octanol–water partition coefficient (Wildman–Crippen LogP) is 6.26. The summed E-state index contributed by atoms with van der Waals surface area (Å²) in [5.41, 5.74) is 1.72. The molecular formula is C31H27NO5. The molecule has 0 spiro atoms. The van der Waals surface area contributed by atoms with Gasteiger partial charge in [-0.2, -0.15) is 0 Å². The van der Waals surface area contributed by atoms with Gasteiger partial charge < -0.3 is 14.6 Å². The van der Waals surface area contributed by atoms with Crippen LogP contribution in [0.4, 0.5) is 5.69 Å². The van der Waals surface area contributed by atoms with Crippen molar-refractivity contribution in [3.8, 4) is 11.5 Å². The molecular weight excluding hydrogens is 466 g/mol. The molecule has 1 fully saturated rings. The highest BCUT2D eigenvalue weighted by molar-refractivity contribution is 6.51. The summed E-state index contributed by atoms with van der Waals surface area (Å²) in [6.45, 7) is 4.83. The van der Waals surface area contributed by atoms with Gasteiger partial charge in [0.05, 0.1) is 24.8 Å². The molecule has 5 rings (SSSR count). The largest absolute Gasteiger partial charge is 0.507 e. The van der Waals surface area contributed by atoms with Crippen molar-refractivity contribution in [2.24, 2.45) is 0 Å². The Bertz CT molecular complexity index is 1490. The molecule has 1 heterocycles. The lowest BCUT2D eigenvalue weighted by Crippen LogP contribution is -2.29. The number of hydrogen-bond acceptors (Lipinski definition) is 5. The van der Waals surface area contributed by atoms with Crippen molar-refractivity contribution in [2.75, 3.05) is 18.1 Å². The van der Waals surface area contributed by atoms with E-state index in [1.807, 2.05) is 62.4 Å². The van der Waals surface area contributed by atoms with Gasteiger partial charge in [0.2, 0.25) is 0 Å². The van der Waals surface area contributed by atoms with Gasteiger partial charge in [0, 0.05) is 11.3 Å². The number of nitrogens with zero attached hydrogens (tertiary/aromatic N) is 1. The summed E-state index contributed by atoms with van der Waals surface area (Å²) in [6.07, 6.45) is 0. The van der Waals surface area contributed by atoms with E-state index in [0.29, 0.717) is 41.5 Å². The number of Topliss-reactive ketones (excluding diaryl/α,β-unsaturated/α-hetero) is 1. The number of carbonyl (C=O) groups excluding carboxylic acids is 2. The Kier molecular flexibility index (Phi) is 6.64. The minimum absolute atomic E-state index is 0.0401. The zero-order valence-corrected chi connectivity index (χ0v) is 20.7. The fraction of sp³-hybridized carbons (Fsp3) is 0.161. The number of anilines is 1. The van der Waals surface area contributed by atoms with Gasteiger partial charge in [-0.3, -0.25) is 14.5 Å². The monoisotopic (exact) mass is 493 g/mol. The summed E-state index contributed by atoms with van der Waals surface area (Å²) >= 11 is 0. The molecule has 0 radical (unpaired) electrons.